The summed E-state index contributed by atoms with van der Waals surface area (Å²) < 4.78 is 19.8. The van der Waals surface area contributed by atoms with Crippen LogP contribution in [0.15, 0.2) is 29.2 Å². The lowest BCUT2D eigenvalue weighted by atomic mass is 10.0. The molecule has 0 radical (unpaired) electrons. The second kappa shape index (κ2) is 11.0. The number of rotatable bonds is 11. The molecule has 2 nitrogen and oxygen atoms in total. The van der Waals surface area contributed by atoms with E-state index in [-0.39, 0.29) is 0 Å². The Hall–Kier alpha value is -0.670. The average molecular weight is 296 g/mol. The minimum absolute atomic E-state index is 0.487. The molecular formula is C17H28O2S. The summed E-state index contributed by atoms with van der Waals surface area (Å²) in [7, 11) is 0. The largest absolute Gasteiger partial charge is 0.302 e. The minimum atomic E-state index is -1.85. The maximum Gasteiger partial charge on any atom is 0.186 e. The quantitative estimate of drug-likeness (QED) is 0.442. The van der Waals surface area contributed by atoms with E-state index in [1.807, 2.05) is 12.1 Å². The Labute approximate surface area is 126 Å². The highest BCUT2D eigenvalue weighted by atomic mass is 32.2. The van der Waals surface area contributed by atoms with Gasteiger partial charge in [-0.15, -0.1) is 0 Å². The van der Waals surface area contributed by atoms with Crippen LogP contribution in [0.4, 0.5) is 0 Å². The maximum absolute atomic E-state index is 10.8. The van der Waals surface area contributed by atoms with Crippen molar-refractivity contribution in [1.29, 1.82) is 0 Å². The molecule has 0 fully saturated rings. The summed E-state index contributed by atoms with van der Waals surface area (Å²) in [5.41, 5.74) is 1.27. The Bertz CT molecular complexity index is 373. The molecule has 3 heteroatoms. The van der Waals surface area contributed by atoms with E-state index >= 15 is 0 Å². The van der Waals surface area contributed by atoms with E-state index in [1.165, 1.54) is 63.4 Å². The van der Waals surface area contributed by atoms with Crippen LogP contribution in [0.3, 0.4) is 0 Å². The molecule has 1 atom stereocenters. The zero-order chi connectivity index (χ0) is 14.6. The molecule has 0 amide bonds. The Morgan fingerprint density at radius 3 is 1.85 bits per heavy atom. The normalized spacial score (nSPS) is 12.5. The van der Waals surface area contributed by atoms with E-state index in [1.54, 1.807) is 12.1 Å². The molecule has 114 valence electrons. The third-order valence-corrected chi connectivity index (χ3v) is 4.37. The Morgan fingerprint density at radius 1 is 0.850 bits per heavy atom. The van der Waals surface area contributed by atoms with Crippen molar-refractivity contribution < 1.29 is 8.76 Å². The van der Waals surface area contributed by atoms with Crippen molar-refractivity contribution in [3.63, 3.8) is 0 Å². The molecule has 0 heterocycles. The summed E-state index contributed by atoms with van der Waals surface area (Å²) in [6.07, 6.45) is 13.2. The van der Waals surface area contributed by atoms with Crippen molar-refractivity contribution in [2.45, 2.75) is 76.0 Å². The molecule has 0 aliphatic carbocycles. The summed E-state index contributed by atoms with van der Waals surface area (Å²) in [6.45, 7) is 2.25. The summed E-state index contributed by atoms with van der Waals surface area (Å²) in [5.74, 6) is 0. The molecule has 0 spiro atoms. The maximum atomic E-state index is 10.8. The van der Waals surface area contributed by atoms with Crippen molar-refractivity contribution in [3.8, 4) is 0 Å². The van der Waals surface area contributed by atoms with Crippen LogP contribution in [-0.2, 0) is 17.5 Å². The van der Waals surface area contributed by atoms with Crippen molar-refractivity contribution in [3.05, 3.63) is 29.8 Å². The lowest BCUT2D eigenvalue weighted by Crippen LogP contribution is -1.90. The zero-order valence-electron chi connectivity index (χ0n) is 12.6. The smallest absolute Gasteiger partial charge is 0.186 e. The monoisotopic (exact) mass is 296 g/mol. The van der Waals surface area contributed by atoms with Crippen LogP contribution in [0.25, 0.3) is 0 Å². The Kier molecular flexibility index (Phi) is 9.60. The highest BCUT2D eigenvalue weighted by Gasteiger charge is 1.99. The second-order valence-electron chi connectivity index (χ2n) is 5.47. The van der Waals surface area contributed by atoms with E-state index in [4.69, 9.17) is 4.55 Å². The van der Waals surface area contributed by atoms with E-state index in [2.05, 4.69) is 6.92 Å². The number of hydrogen-bond donors (Lipinski definition) is 1. The molecule has 0 aliphatic heterocycles. The fraction of sp³-hybridized carbons (Fsp3) is 0.647. The van der Waals surface area contributed by atoms with Crippen LogP contribution in [0, 0.1) is 0 Å². The van der Waals surface area contributed by atoms with Gasteiger partial charge in [0.2, 0.25) is 0 Å². The molecular weight excluding hydrogens is 268 g/mol. The van der Waals surface area contributed by atoms with E-state index < -0.39 is 11.1 Å². The first-order chi connectivity index (χ1) is 9.74. The molecule has 1 unspecified atom stereocenters. The van der Waals surface area contributed by atoms with Crippen molar-refractivity contribution in [1.82, 2.24) is 0 Å². The first-order valence-corrected chi connectivity index (χ1v) is 9.04. The van der Waals surface area contributed by atoms with Crippen LogP contribution < -0.4 is 0 Å². The standard InChI is InChI=1S/C17H28O2S/c1-2-3-4-5-6-7-8-9-10-11-16-12-14-17(15-13-16)20(18)19/h12-15H,2-11H2,1H3,(H,18,19). The van der Waals surface area contributed by atoms with Gasteiger partial charge in [-0.25, -0.2) is 4.21 Å². The molecule has 20 heavy (non-hydrogen) atoms. The molecule has 1 rings (SSSR count). The molecule has 0 aromatic heterocycles. The van der Waals surface area contributed by atoms with Crippen LogP contribution >= 0.6 is 0 Å². The number of aryl methyl sites for hydroxylation is 1. The third-order valence-electron chi connectivity index (χ3n) is 3.69. The topological polar surface area (TPSA) is 37.3 Å². The van der Waals surface area contributed by atoms with E-state index in [0.29, 0.717) is 4.90 Å². The lowest BCUT2D eigenvalue weighted by Gasteiger charge is -2.03. The van der Waals surface area contributed by atoms with Crippen molar-refractivity contribution in [2.24, 2.45) is 0 Å². The molecule has 1 aromatic rings. The van der Waals surface area contributed by atoms with Crippen LogP contribution in [0.1, 0.15) is 70.3 Å². The second-order valence-corrected chi connectivity index (χ2v) is 6.44. The SMILES string of the molecule is CCCCCCCCCCCc1ccc(S(=O)O)cc1. The highest BCUT2D eigenvalue weighted by molar-refractivity contribution is 7.79. The summed E-state index contributed by atoms with van der Waals surface area (Å²) in [5, 5.41) is 0. The zero-order valence-corrected chi connectivity index (χ0v) is 13.5. The summed E-state index contributed by atoms with van der Waals surface area (Å²) in [6, 6.07) is 7.43. The van der Waals surface area contributed by atoms with Gasteiger partial charge in [0.25, 0.3) is 0 Å². The van der Waals surface area contributed by atoms with Gasteiger partial charge in [0.05, 0.1) is 4.90 Å². The van der Waals surface area contributed by atoms with Gasteiger partial charge in [-0.05, 0) is 30.5 Å². The minimum Gasteiger partial charge on any atom is -0.302 e. The predicted octanol–water partition coefficient (Wildman–Crippen LogP) is 5.34. The molecule has 0 aliphatic rings. The first kappa shape index (κ1) is 17.4. The summed E-state index contributed by atoms with van der Waals surface area (Å²) >= 11 is -1.85. The van der Waals surface area contributed by atoms with Crippen LogP contribution in [0.5, 0.6) is 0 Å². The van der Waals surface area contributed by atoms with Gasteiger partial charge in [0.15, 0.2) is 11.1 Å². The average Bonchev–Trinajstić information content (AvgIpc) is 2.46. The molecule has 1 aromatic carbocycles. The molecule has 0 bridgehead atoms. The van der Waals surface area contributed by atoms with E-state index in [0.717, 1.165) is 6.42 Å². The fourth-order valence-corrected chi connectivity index (χ4v) is 2.78. The highest BCUT2D eigenvalue weighted by Crippen LogP contribution is 2.13. The number of unbranched alkanes of at least 4 members (excludes halogenated alkanes) is 8. The van der Waals surface area contributed by atoms with Gasteiger partial charge in [0, 0.05) is 0 Å². The van der Waals surface area contributed by atoms with Gasteiger partial charge >= 0.3 is 0 Å². The van der Waals surface area contributed by atoms with Gasteiger partial charge in [-0.2, -0.15) is 0 Å². The van der Waals surface area contributed by atoms with Crippen LogP contribution in [-0.4, -0.2) is 8.76 Å². The van der Waals surface area contributed by atoms with Gasteiger partial charge in [0.1, 0.15) is 0 Å². The Balaban J connectivity index is 2.02. The van der Waals surface area contributed by atoms with Crippen molar-refractivity contribution >= 4 is 11.1 Å². The van der Waals surface area contributed by atoms with Gasteiger partial charge < -0.3 is 4.55 Å². The summed E-state index contributed by atoms with van der Waals surface area (Å²) in [4.78, 5) is 0.487. The first-order valence-electron chi connectivity index (χ1n) is 7.94. The molecule has 1 N–H and O–H groups in total. The number of hydrogen-bond acceptors (Lipinski definition) is 1. The van der Waals surface area contributed by atoms with Crippen molar-refractivity contribution in [2.75, 3.05) is 0 Å². The molecule has 0 saturated carbocycles. The van der Waals surface area contributed by atoms with E-state index in [9.17, 15) is 4.21 Å². The predicted molar refractivity (Wildman–Crippen MR) is 86.4 cm³/mol. The van der Waals surface area contributed by atoms with Crippen LogP contribution in [0.2, 0.25) is 0 Å². The van der Waals surface area contributed by atoms with Gasteiger partial charge in [-0.1, -0.05) is 70.4 Å². The Morgan fingerprint density at radius 2 is 1.35 bits per heavy atom. The lowest BCUT2D eigenvalue weighted by molar-refractivity contribution is 0.563. The number of benzene rings is 1. The fourth-order valence-electron chi connectivity index (χ4n) is 2.41. The third kappa shape index (κ3) is 7.81. The van der Waals surface area contributed by atoms with Gasteiger partial charge in [-0.3, -0.25) is 0 Å². The molecule has 0 saturated heterocycles.